The van der Waals surface area contributed by atoms with Crippen LogP contribution in [0.25, 0.3) is 0 Å². The number of nitrogens with two attached hydrogens (primary N) is 2. The number of nitrogens with zero attached hydrogens (tertiary/aromatic N) is 4. The van der Waals surface area contributed by atoms with E-state index in [1.54, 1.807) is 12.3 Å². The maximum Gasteiger partial charge on any atom is 0.222 e. The van der Waals surface area contributed by atoms with Crippen LogP contribution < -0.4 is 27.4 Å². The van der Waals surface area contributed by atoms with Crippen molar-refractivity contribution in [2.75, 3.05) is 271 Å². The molecule has 0 aliphatic heterocycles. The molecule has 1 aromatic heterocycles. The van der Waals surface area contributed by atoms with Gasteiger partial charge in [-0.3, -0.25) is 14.4 Å². The van der Waals surface area contributed by atoms with Crippen LogP contribution in [-0.4, -0.2) is 309 Å². The quantitative estimate of drug-likeness (QED) is 0.0326. The third-order valence-electron chi connectivity index (χ3n) is 10.3. The zero-order valence-corrected chi connectivity index (χ0v) is 49.9. The smallest absolute Gasteiger partial charge is 0.222 e. The van der Waals surface area contributed by atoms with Gasteiger partial charge in [-0.05, 0) is 0 Å². The predicted molar refractivity (Wildman–Crippen MR) is 303 cm³/mol. The Labute approximate surface area is 501 Å². The van der Waals surface area contributed by atoms with Gasteiger partial charge in [0.25, 0.3) is 0 Å². The SMILES string of the molecule is N#CC#Cn1cc(COCCOCCOCCOCCOCCC(=O)NC(CC(=O)NCCOCCOCCOCCOCCOCCOCCOCCN)CC(=O)NCCOCCOCCOCCOCCOCCOCCOCCN)nn1. The van der Waals surface area contributed by atoms with Gasteiger partial charge in [0.15, 0.2) is 6.07 Å². The van der Waals surface area contributed by atoms with E-state index in [1.807, 2.05) is 0 Å². The fourth-order valence-electron chi connectivity index (χ4n) is 6.32. The molecule has 3 amide bonds. The summed E-state index contributed by atoms with van der Waals surface area (Å²) < 4.78 is 105. The minimum absolute atomic E-state index is 0.00374. The number of hydrogen-bond acceptors (Lipinski definition) is 27. The molecule has 0 aliphatic rings. The van der Waals surface area contributed by atoms with Crippen molar-refractivity contribution in [3.63, 3.8) is 0 Å². The van der Waals surface area contributed by atoms with Gasteiger partial charge in [-0.25, -0.2) is 0 Å². The van der Waals surface area contributed by atoms with E-state index in [4.69, 9.17) is 107 Å². The van der Waals surface area contributed by atoms with Gasteiger partial charge in [0, 0.05) is 57.4 Å². The summed E-state index contributed by atoms with van der Waals surface area (Å²) in [5.41, 5.74) is 11.3. The van der Waals surface area contributed by atoms with E-state index in [0.717, 1.165) is 0 Å². The molecule has 7 N–H and O–H groups in total. The summed E-state index contributed by atoms with van der Waals surface area (Å²) in [4.78, 5) is 38.8. The monoisotopic (exact) mass is 1230 g/mol. The molecule has 31 heteroatoms. The molecule has 0 bridgehead atoms. The van der Waals surface area contributed by atoms with Gasteiger partial charge in [0.05, 0.1) is 263 Å². The number of carbonyl (C=O) groups excluding carboxylic acids is 3. The Morgan fingerprint density at radius 2 is 0.694 bits per heavy atom. The van der Waals surface area contributed by atoms with Crippen molar-refractivity contribution in [3.05, 3.63) is 11.9 Å². The van der Waals surface area contributed by atoms with E-state index >= 15 is 0 Å². The zero-order valence-electron chi connectivity index (χ0n) is 49.9. The zero-order chi connectivity index (χ0) is 61.1. The minimum atomic E-state index is -0.788. The van der Waals surface area contributed by atoms with Crippen LogP contribution in [0.1, 0.15) is 25.0 Å². The fourth-order valence-corrected chi connectivity index (χ4v) is 6.32. The van der Waals surface area contributed by atoms with Gasteiger partial charge in [0.2, 0.25) is 17.7 Å². The van der Waals surface area contributed by atoms with Crippen LogP contribution in [0, 0.1) is 23.3 Å². The van der Waals surface area contributed by atoms with Crippen molar-refractivity contribution in [1.29, 1.82) is 5.26 Å². The first-order valence-corrected chi connectivity index (χ1v) is 29.0. The summed E-state index contributed by atoms with van der Waals surface area (Å²) in [7, 11) is 0. The van der Waals surface area contributed by atoms with Crippen LogP contribution in [0.2, 0.25) is 0 Å². The van der Waals surface area contributed by atoms with Crippen LogP contribution in [0.3, 0.4) is 0 Å². The van der Waals surface area contributed by atoms with Crippen molar-refractivity contribution < 1.29 is 104 Å². The molecule has 0 aromatic carbocycles. The lowest BCUT2D eigenvalue weighted by Gasteiger charge is -2.18. The first kappa shape index (κ1) is 78.8. The molecule has 0 saturated heterocycles. The summed E-state index contributed by atoms with van der Waals surface area (Å²) in [6, 6.07) is 3.41. The van der Waals surface area contributed by atoms with E-state index in [-0.39, 0.29) is 83.1 Å². The fraction of sp³-hybridized carbons (Fsp3) is 0.852. The van der Waals surface area contributed by atoms with E-state index in [9.17, 15) is 14.4 Å². The molecule has 1 aromatic rings. The molecule has 0 radical (unpaired) electrons. The van der Waals surface area contributed by atoms with Gasteiger partial charge in [-0.2, -0.15) is 9.94 Å². The van der Waals surface area contributed by atoms with Crippen LogP contribution in [0.15, 0.2) is 6.20 Å². The van der Waals surface area contributed by atoms with Crippen molar-refractivity contribution in [3.8, 4) is 18.0 Å². The molecule has 0 aliphatic carbocycles. The average Bonchev–Trinajstić information content (AvgIpc) is 3.99. The van der Waals surface area contributed by atoms with Crippen molar-refractivity contribution in [1.82, 2.24) is 30.9 Å². The Morgan fingerprint density at radius 1 is 0.412 bits per heavy atom. The second kappa shape index (κ2) is 65.7. The predicted octanol–water partition coefficient (Wildman–Crippen LogP) is -2.77. The number of hydrogen-bond donors (Lipinski definition) is 5. The van der Waals surface area contributed by atoms with Crippen molar-refractivity contribution >= 4 is 17.7 Å². The molecule has 85 heavy (non-hydrogen) atoms. The van der Waals surface area contributed by atoms with E-state index in [0.29, 0.717) is 237 Å². The summed E-state index contributed by atoms with van der Waals surface area (Å²) in [5, 5.41) is 24.5. The third kappa shape index (κ3) is 59.9. The first-order chi connectivity index (χ1) is 42.0. The topological polar surface area (TPSA) is 369 Å². The van der Waals surface area contributed by atoms with Gasteiger partial charge in [-0.15, -0.1) is 5.10 Å². The average molecular weight is 1230 g/mol. The number of nitriles is 1. The molecular formula is C54H99N9O22. The molecule has 1 heterocycles. The molecule has 0 unspecified atom stereocenters. The molecule has 0 atom stereocenters. The van der Waals surface area contributed by atoms with E-state index < -0.39 is 6.04 Å². The molecule has 0 saturated carbocycles. The lowest BCUT2D eigenvalue weighted by molar-refractivity contribution is -0.126. The number of aromatic nitrogens is 3. The minimum Gasteiger partial charge on any atom is -0.379 e. The van der Waals surface area contributed by atoms with Crippen LogP contribution >= 0.6 is 0 Å². The Kier molecular flexibility index (Phi) is 60.9. The highest BCUT2D eigenvalue weighted by Gasteiger charge is 2.20. The second-order valence-electron chi connectivity index (χ2n) is 17.3. The molecule has 31 nitrogen and oxygen atoms in total. The summed E-state index contributed by atoms with van der Waals surface area (Å²) >= 11 is 0. The lowest BCUT2D eigenvalue weighted by atomic mass is 10.1. The van der Waals surface area contributed by atoms with Gasteiger partial charge < -0.3 is 117 Å². The molecule has 1 rings (SSSR count). The third-order valence-corrected chi connectivity index (χ3v) is 10.3. The van der Waals surface area contributed by atoms with Gasteiger partial charge in [0.1, 0.15) is 5.69 Å². The highest BCUT2D eigenvalue weighted by atomic mass is 16.6. The van der Waals surface area contributed by atoms with Gasteiger partial charge >= 0.3 is 0 Å². The highest BCUT2D eigenvalue weighted by molar-refractivity contribution is 5.83. The number of nitrogens with one attached hydrogen (secondary N) is 3. The Bertz CT molecular complexity index is 1690. The van der Waals surface area contributed by atoms with E-state index in [1.165, 1.54) is 4.68 Å². The van der Waals surface area contributed by atoms with Gasteiger partial charge in [-0.1, -0.05) is 5.21 Å². The van der Waals surface area contributed by atoms with Crippen molar-refractivity contribution in [2.45, 2.75) is 31.9 Å². The first-order valence-electron chi connectivity index (χ1n) is 29.0. The number of ether oxygens (including phenoxy) is 19. The largest absolute Gasteiger partial charge is 0.379 e. The molecule has 492 valence electrons. The molecule has 0 fully saturated rings. The van der Waals surface area contributed by atoms with Crippen molar-refractivity contribution in [2.24, 2.45) is 11.5 Å². The highest BCUT2D eigenvalue weighted by Crippen LogP contribution is 2.02. The maximum atomic E-state index is 12.9. The standard InChI is InChI=1S/C54H99N9O22/c55-3-1-8-63-48-51(61-62-63)49-85-45-44-84-43-42-83-29-24-72-19-14-67-9-2-52(64)60-50(46-53(65)58-6-12-70-17-22-75-27-32-79-36-40-81-38-34-77-30-25-73-20-15-68-10-4-56)47-54(66)59-7-13-71-18-23-76-28-33-80-37-41-82-39-35-78-31-26-74-21-16-69-11-5-57/h48,50H,2,4-7,9-47,49,56-57H2,(H,58,65)(H,59,66)(H,60,64). The van der Waals surface area contributed by atoms with E-state index in [2.05, 4.69) is 38.2 Å². The Hall–Kier alpha value is -4.24. The normalized spacial score (nSPS) is 11.3. The summed E-state index contributed by atoms with van der Waals surface area (Å²) in [6.45, 7) is 16.4. The number of carbonyl (C=O) groups is 3. The summed E-state index contributed by atoms with van der Waals surface area (Å²) in [6.07, 6.45) is 1.30. The molecule has 0 spiro atoms. The van der Waals surface area contributed by atoms with Crippen LogP contribution in [-0.2, 0) is 111 Å². The molecular weight excluding hydrogens is 1130 g/mol. The van der Waals surface area contributed by atoms with Crippen LogP contribution in [0.4, 0.5) is 0 Å². The Morgan fingerprint density at radius 3 is 1.00 bits per heavy atom. The number of amides is 3. The number of rotatable bonds is 68. The second-order valence-corrected chi connectivity index (χ2v) is 17.3. The van der Waals surface area contributed by atoms with Crippen LogP contribution in [0.5, 0.6) is 0 Å². The maximum absolute atomic E-state index is 12.9. The Balaban J connectivity index is 2.21. The summed E-state index contributed by atoms with van der Waals surface area (Å²) in [5.74, 6) is 1.12. The lowest BCUT2D eigenvalue weighted by Crippen LogP contribution is -2.43.